The molecule has 0 fully saturated rings. The van der Waals surface area contributed by atoms with Gasteiger partial charge in [-0.3, -0.25) is 0 Å². The quantitative estimate of drug-likeness (QED) is 0.256. The van der Waals surface area contributed by atoms with Gasteiger partial charge in [-0.15, -0.1) is 0 Å². The summed E-state index contributed by atoms with van der Waals surface area (Å²) in [5, 5.41) is 3.96. The molecule has 2 aromatic heterocycles. The third kappa shape index (κ3) is 2.12. The zero-order chi connectivity index (χ0) is 19.6. The minimum absolute atomic E-state index is 1.26. The van der Waals surface area contributed by atoms with E-state index in [1.165, 1.54) is 61.0 Å². The van der Waals surface area contributed by atoms with E-state index >= 15 is 0 Å². The molecule has 138 valence electrons. The molecule has 2 heterocycles. The molecule has 5 aromatic rings. The highest BCUT2D eigenvalue weighted by Crippen LogP contribution is 2.34. The number of para-hydroxylation sites is 1. The van der Waals surface area contributed by atoms with E-state index in [4.69, 9.17) is 0 Å². The minimum atomic E-state index is 1.26. The van der Waals surface area contributed by atoms with Crippen molar-refractivity contribution in [1.29, 1.82) is 0 Å². The molecular formula is C26H25N2+. The standard InChI is InChI=1S/C26H25N2/c1-16-10-8-11-17(2)23(16)25-19(4)27(5)26-24-18(3)12-9-14-21(24)20-13-6-7-15-22(20)28(25)26/h6-15H,1-5H3/q+1. The van der Waals surface area contributed by atoms with Gasteiger partial charge in [-0.25, -0.2) is 4.57 Å². The maximum Gasteiger partial charge on any atom is 0.295 e. The molecule has 0 aliphatic heterocycles. The Labute approximate surface area is 165 Å². The second-order valence-electron chi connectivity index (χ2n) is 7.93. The van der Waals surface area contributed by atoms with Crippen molar-refractivity contribution in [3.05, 3.63) is 83.0 Å². The Hall–Kier alpha value is -3.13. The van der Waals surface area contributed by atoms with Gasteiger partial charge in [0.05, 0.1) is 12.4 Å². The Kier molecular flexibility index (Phi) is 3.60. The summed E-state index contributed by atoms with van der Waals surface area (Å²) in [4.78, 5) is 0. The fourth-order valence-corrected chi connectivity index (χ4v) is 4.82. The number of pyridine rings is 1. The number of nitrogens with zero attached hydrogens (tertiary/aromatic N) is 2. The van der Waals surface area contributed by atoms with Crippen LogP contribution in [0.4, 0.5) is 0 Å². The fraction of sp³-hybridized carbons (Fsp3) is 0.192. The highest BCUT2D eigenvalue weighted by Gasteiger charge is 2.28. The summed E-state index contributed by atoms with van der Waals surface area (Å²) in [6, 6.07) is 22.0. The summed E-state index contributed by atoms with van der Waals surface area (Å²) in [7, 11) is 2.20. The van der Waals surface area contributed by atoms with Crippen LogP contribution in [0, 0.1) is 27.7 Å². The number of hydrogen-bond donors (Lipinski definition) is 0. The number of aryl methyl sites for hydroxylation is 4. The van der Waals surface area contributed by atoms with Crippen LogP contribution in [0.5, 0.6) is 0 Å². The van der Waals surface area contributed by atoms with Crippen molar-refractivity contribution >= 4 is 27.3 Å². The number of hydrogen-bond acceptors (Lipinski definition) is 0. The minimum Gasteiger partial charge on any atom is -0.229 e. The van der Waals surface area contributed by atoms with Gasteiger partial charge < -0.3 is 0 Å². The predicted molar refractivity (Wildman–Crippen MR) is 118 cm³/mol. The molecule has 2 nitrogen and oxygen atoms in total. The van der Waals surface area contributed by atoms with Crippen LogP contribution in [-0.4, -0.2) is 4.57 Å². The molecule has 2 heteroatoms. The third-order valence-corrected chi connectivity index (χ3v) is 6.25. The zero-order valence-corrected chi connectivity index (χ0v) is 17.2. The van der Waals surface area contributed by atoms with Crippen LogP contribution >= 0.6 is 0 Å². The van der Waals surface area contributed by atoms with E-state index in [0.29, 0.717) is 0 Å². The zero-order valence-electron chi connectivity index (χ0n) is 17.2. The molecule has 0 amide bonds. The van der Waals surface area contributed by atoms with Crippen LogP contribution in [0.2, 0.25) is 0 Å². The molecule has 0 aliphatic rings. The smallest absolute Gasteiger partial charge is 0.229 e. The Morgan fingerprint density at radius 1 is 0.679 bits per heavy atom. The largest absolute Gasteiger partial charge is 0.295 e. The molecule has 0 atom stereocenters. The van der Waals surface area contributed by atoms with E-state index in [-0.39, 0.29) is 0 Å². The molecular weight excluding hydrogens is 340 g/mol. The van der Waals surface area contributed by atoms with Crippen LogP contribution in [0.25, 0.3) is 38.6 Å². The molecule has 3 aromatic carbocycles. The topological polar surface area (TPSA) is 9.03 Å². The summed E-state index contributed by atoms with van der Waals surface area (Å²) in [5.74, 6) is 0. The fourth-order valence-electron chi connectivity index (χ4n) is 4.82. The van der Waals surface area contributed by atoms with Gasteiger partial charge >= 0.3 is 0 Å². The normalized spacial score (nSPS) is 11.8. The van der Waals surface area contributed by atoms with Gasteiger partial charge in [-0.05, 0) is 43.5 Å². The van der Waals surface area contributed by atoms with Crippen molar-refractivity contribution in [1.82, 2.24) is 4.57 Å². The van der Waals surface area contributed by atoms with Crippen LogP contribution in [-0.2, 0) is 7.05 Å². The lowest BCUT2D eigenvalue weighted by molar-refractivity contribution is -0.467. The van der Waals surface area contributed by atoms with Crippen molar-refractivity contribution in [3.63, 3.8) is 0 Å². The lowest BCUT2D eigenvalue weighted by Crippen LogP contribution is -2.25. The lowest BCUT2D eigenvalue weighted by atomic mass is 9.98. The van der Waals surface area contributed by atoms with Crippen LogP contribution in [0.3, 0.4) is 0 Å². The summed E-state index contributed by atoms with van der Waals surface area (Å²) in [6.07, 6.45) is 0. The van der Waals surface area contributed by atoms with Gasteiger partial charge in [-0.2, -0.15) is 4.40 Å². The monoisotopic (exact) mass is 365 g/mol. The van der Waals surface area contributed by atoms with Crippen molar-refractivity contribution in [3.8, 4) is 11.3 Å². The van der Waals surface area contributed by atoms with Crippen LogP contribution in [0.15, 0.2) is 60.7 Å². The Bertz CT molecular complexity index is 1380. The molecule has 0 saturated carbocycles. The van der Waals surface area contributed by atoms with Crippen LogP contribution in [0.1, 0.15) is 22.4 Å². The van der Waals surface area contributed by atoms with Gasteiger partial charge in [0.1, 0.15) is 11.2 Å². The first-order chi connectivity index (χ1) is 13.5. The molecule has 0 bridgehead atoms. The molecule has 0 spiro atoms. The number of fused-ring (bicyclic) bond motifs is 6. The molecule has 28 heavy (non-hydrogen) atoms. The second-order valence-corrected chi connectivity index (χ2v) is 7.93. The van der Waals surface area contributed by atoms with Gasteiger partial charge in [0.25, 0.3) is 5.65 Å². The van der Waals surface area contributed by atoms with Gasteiger partial charge in [0, 0.05) is 23.3 Å². The average molecular weight is 366 g/mol. The Balaban J connectivity index is 2.16. The van der Waals surface area contributed by atoms with E-state index in [2.05, 4.69) is 104 Å². The van der Waals surface area contributed by atoms with Crippen molar-refractivity contribution in [2.45, 2.75) is 27.7 Å². The van der Waals surface area contributed by atoms with Gasteiger partial charge in [0.2, 0.25) is 0 Å². The van der Waals surface area contributed by atoms with E-state index in [9.17, 15) is 0 Å². The summed E-state index contributed by atoms with van der Waals surface area (Å²) in [6.45, 7) is 8.90. The molecule has 5 rings (SSSR count). The SMILES string of the molecule is Cc1cccc(C)c1-c1c(C)n(C)c2c3c(C)cccc3c3ccccc3[n+]12. The Morgan fingerprint density at radius 2 is 1.29 bits per heavy atom. The second kappa shape index (κ2) is 5.93. The summed E-state index contributed by atoms with van der Waals surface area (Å²) >= 11 is 0. The molecule has 0 saturated heterocycles. The van der Waals surface area contributed by atoms with Crippen molar-refractivity contribution < 1.29 is 4.40 Å². The number of rotatable bonds is 1. The van der Waals surface area contributed by atoms with Crippen LogP contribution < -0.4 is 4.40 Å². The predicted octanol–water partition coefficient (Wildman–Crippen LogP) is 5.97. The first kappa shape index (κ1) is 17.0. The highest BCUT2D eigenvalue weighted by molar-refractivity contribution is 6.10. The number of benzene rings is 3. The summed E-state index contributed by atoms with van der Waals surface area (Å²) < 4.78 is 4.85. The first-order valence-electron chi connectivity index (χ1n) is 9.88. The lowest BCUT2D eigenvalue weighted by Gasteiger charge is -2.10. The van der Waals surface area contributed by atoms with Gasteiger partial charge in [-0.1, -0.05) is 54.6 Å². The van der Waals surface area contributed by atoms with Crippen molar-refractivity contribution in [2.24, 2.45) is 7.05 Å². The molecule has 0 N–H and O–H groups in total. The summed E-state index contributed by atoms with van der Waals surface area (Å²) in [5.41, 5.74) is 10.4. The maximum absolute atomic E-state index is 2.48. The Morgan fingerprint density at radius 3 is 2.04 bits per heavy atom. The van der Waals surface area contributed by atoms with Crippen molar-refractivity contribution in [2.75, 3.05) is 0 Å². The maximum atomic E-state index is 2.48. The first-order valence-corrected chi connectivity index (χ1v) is 9.88. The number of aromatic nitrogens is 2. The number of imidazole rings is 1. The highest BCUT2D eigenvalue weighted by atomic mass is 15.1. The van der Waals surface area contributed by atoms with E-state index in [1.807, 2.05) is 0 Å². The van der Waals surface area contributed by atoms with E-state index in [1.54, 1.807) is 0 Å². The molecule has 0 aliphatic carbocycles. The van der Waals surface area contributed by atoms with Gasteiger partial charge in [0.15, 0.2) is 5.69 Å². The molecule has 0 radical (unpaired) electrons. The van der Waals surface area contributed by atoms with E-state index < -0.39 is 0 Å². The average Bonchev–Trinajstić information content (AvgIpc) is 2.94. The third-order valence-electron chi connectivity index (χ3n) is 6.25. The molecule has 0 unspecified atom stereocenters. The van der Waals surface area contributed by atoms with E-state index in [0.717, 1.165) is 0 Å².